The first-order valence-corrected chi connectivity index (χ1v) is 14.0. The molecule has 218 valence electrons. The van der Waals surface area contributed by atoms with E-state index in [4.69, 9.17) is 9.47 Å². The molecule has 0 radical (unpaired) electrons. The molecule has 2 saturated heterocycles. The van der Waals surface area contributed by atoms with Crippen molar-refractivity contribution in [3.8, 4) is 0 Å². The molecule has 0 bridgehead atoms. The Bertz CT molecular complexity index is 1470. The third-order valence-electron chi connectivity index (χ3n) is 7.94. The number of likely N-dealkylation sites (tertiary alicyclic amines) is 1. The molecule has 3 aromatic carbocycles. The first kappa shape index (κ1) is 28.2. The quantitative estimate of drug-likeness (QED) is 0.275. The van der Waals surface area contributed by atoms with Crippen LogP contribution >= 0.6 is 0 Å². The summed E-state index contributed by atoms with van der Waals surface area (Å²) in [6, 6.07) is 19.6. The predicted molar refractivity (Wildman–Crippen MR) is 149 cm³/mol. The van der Waals surface area contributed by atoms with Crippen LogP contribution in [0.3, 0.4) is 0 Å². The highest BCUT2D eigenvalue weighted by Gasteiger charge is 2.34. The average molecular weight is 573 g/mol. The Kier molecular flexibility index (Phi) is 8.14. The number of amides is 1. The molecule has 0 spiro atoms. The van der Waals surface area contributed by atoms with Crippen molar-refractivity contribution in [3.63, 3.8) is 0 Å². The second-order valence-corrected chi connectivity index (χ2v) is 10.9. The van der Waals surface area contributed by atoms with Gasteiger partial charge in [-0.25, -0.2) is 9.59 Å². The van der Waals surface area contributed by atoms with Gasteiger partial charge in [-0.05, 0) is 41.3 Å². The summed E-state index contributed by atoms with van der Waals surface area (Å²) in [4.78, 5) is 38.4. The number of hydrogen-bond donors (Lipinski definition) is 3. The van der Waals surface area contributed by atoms with Crippen LogP contribution in [-0.2, 0) is 27.4 Å². The zero-order valence-corrected chi connectivity index (χ0v) is 22.9. The second-order valence-electron chi connectivity index (χ2n) is 10.9. The monoisotopic (exact) mass is 572 g/mol. The van der Waals surface area contributed by atoms with E-state index in [1.807, 2.05) is 48.5 Å². The standard InChI is InChI=1S/C32H32N2O8/c35-18-20-3-5-21(6-4-20)28-14-25(17-34-12-11-24(36)16-34)40-32(41-28)22-7-1-19(2-8-22)15-33-29(37)23-9-10-26-27(13-23)31(39)42-30(26)38/h1-10,13,24-25,28,32,35-36H,11-12,14-18H2,(H,33,37). The van der Waals surface area contributed by atoms with E-state index in [9.17, 15) is 24.6 Å². The van der Waals surface area contributed by atoms with Crippen LogP contribution in [0.2, 0.25) is 0 Å². The molecule has 4 atom stereocenters. The van der Waals surface area contributed by atoms with Crippen LogP contribution in [0.4, 0.5) is 0 Å². The molecule has 0 aromatic heterocycles. The minimum Gasteiger partial charge on any atom is -0.392 e. The summed E-state index contributed by atoms with van der Waals surface area (Å²) in [5.74, 6) is -1.84. The SMILES string of the molecule is O=C(NCc1ccc(C2OC(CN3CCC(O)C3)CC(c3ccc(CO)cc3)O2)cc1)c1ccc2c(c1)C(=O)OC2=O. The number of ether oxygens (including phenoxy) is 3. The second kappa shape index (κ2) is 12.1. The van der Waals surface area contributed by atoms with Gasteiger partial charge < -0.3 is 29.7 Å². The number of carbonyl (C=O) groups excluding carboxylic acids is 3. The summed E-state index contributed by atoms with van der Waals surface area (Å²) in [6.45, 7) is 2.39. The first-order valence-electron chi connectivity index (χ1n) is 14.0. The molecule has 6 rings (SSSR count). The van der Waals surface area contributed by atoms with E-state index in [1.54, 1.807) is 0 Å². The number of aliphatic hydroxyl groups is 2. The van der Waals surface area contributed by atoms with Crippen molar-refractivity contribution in [2.24, 2.45) is 0 Å². The molecule has 10 heteroatoms. The van der Waals surface area contributed by atoms with Crippen LogP contribution in [0.1, 0.15) is 78.6 Å². The van der Waals surface area contributed by atoms with Gasteiger partial charge >= 0.3 is 11.9 Å². The highest BCUT2D eigenvalue weighted by atomic mass is 16.7. The van der Waals surface area contributed by atoms with Crippen LogP contribution in [0.25, 0.3) is 0 Å². The summed E-state index contributed by atoms with van der Waals surface area (Å²) >= 11 is 0. The van der Waals surface area contributed by atoms with Gasteiger partial charge in [0.25, 0.3) is 5.91 Å². The van der Waals surface area contributed by atoms with Crippen molar-refractivity contribution in [2.45, 2.75) is 50.6 Å². The van der Waals surface area contributed by atoms with Crippen molar-refractivity contribution in [3.05, 3.63) is 106 Å². The number of aliphatic hydroxyl groups excluding tert-OH is 2. The number of nitrogens with one attached hydrogen (secondary N) is 1. The van der Waals surface area contributed by atoms with Gasteiger partial charge in [0.1, 0.15) is 0 Å². The Hall–Kier alpha value is -3.93. The number of β-amino-alcohol motifs (C(OH)–C–C–N with tert-alkyl or cyclic N) is 1. The molecule has 4 unspecified atom stereocenters. The van der Waals surface area contributed by atoms with Crippen molar-refractivity contribution < 1.29 is 38.8 Å². The Morgan fingerprint density at radius 1 is 0.905 bits per heavy atom. The van der Waals surface area contributed by atoms with Gasteiger partial charge in [0.15, 0.2) is 6.29 Å². The number of cyclic esters (lactones) is 2. The lowest BCUT2D eigenvalue weighted by molar-refractivity contribution is -0.252. The first-order chi connectivity index (χ1) is 20.4. The summed E-state index contributed by atoms with van der Waals surface area (Å²) < 4.78 is 17.4. The van der Waals surface area contributed by atoms with E-state index >= 15 is 0 Å². The molecule has 3 aromatic rings. The van der Waals surface area contributed by atoms with Crippen LogP contribution in [0.5, 0.6) is 0 Å². The molecule has 0 saturated carbocycles. The molecule has 3 aliphatic heterocycles. The zero-order chi connectivity index (χ0) is 29.2. The molecule has 1 amide bonds. The fourth-order valence-corrected chi connectivity index (χ4v) is 5.60. The largest absolute Gasteiger partial charge is 0.392 e. The number of esters is 2. The molecule has 3 heterocycles. The van der Waals surface area contributed by atoms with E-state index in [0.29, 0.717) is 19.5 Å². The van der Waals surface area contributed by atoms with Gasteiger partial charge in [0, 0.05) is 43.7 Å². The maximum atomic E-state index is 12.7. The third kappa shape index (κ3) is 6.13. The minimum absolute atomic E-state index is 0.0206. The van der Waals surface area contributed by atoms with Crippen LogP contribution in [-0.4, -0.2) is 64.8 Å². The van der Waals surface area contributed by atoms with E-state index in [0.717, 1.165) is 35.2 Å². The summed E-state index contributed by atoms with van der Waals surface area (Å²) in [7, 11) is 0. The summed E-state index contributed by atoms with van der Waals surface area (Å²) in [5.41, 5.74) is 4.05. The summed E-state index contributed by atoms with van der Waals surface area (Å²) in [5, 5.41) is 22.2. The maximum Gasteiger partial charge on any atom is 0.346 e. The van der Waals surface area contributed by atoms with E-state index in [2.05, 4.69) is 15.0 Å². The van der Waals surface area contributed by atoms with Gasteiger partial charge in [-0.1, -0.05) is 48.5 Å². The topological polar surface area (TPSA) is 135 Å². The van der Waals surface area contributed by atoms with E-state index in [-0.39, 0.29) is 54.1 Å². The molecule has 10 nitrogen and oxygen atoms in total. The number of carbonyl (C=O) groups is 3. The minimum atomic E-state index is -0.753. The van der Waals surface area contributed by atoms with Crippen molar-refractivity contribution >= 4 is 17.8 Å². The Balaban J connectivity index is 1.12. The van der Waals surface area contributed by atoms with Crippen molar-refractivity contribution in [2.75, 3.05) is 19.6 Å². The number of rotatable bonds is 8. The zero-order valence-electron chi connectivity index (χ0n) is 22.9. The van der Waals surface area contributed by atoms with Gasteiger partial charge in [0.2, 0.25) is 0 Å². The van der Waals surface area contributed by atoms with Gasteiger partial charge in [-0.15, -0.1) is 0 Å². The van der Waals surface area contributed by atoms with Gasteiger partial charge in [-0.3, -0.25) is 9.69 Å². The average Bonchev–Trinajstić information content (AvgIpc) is 3.56. The predicted octanol–water partition coefficient (Wildman–Crippen LogP) is 3.03. The molecular weight excluding hydrogens is 540 g/mol. The number of benzene rings is 3. The highest BCUT2D eigenvalue weighted by molar-refractivity contribution is 6.15. The lowest BCUT2D eigenvalue weighted by Gasteiger charge is -2.37. The number of hydrogen-bond acceptors (Lipinski definition) is 9. The fraction of sp³-hybridized carbons (Fsp3) is 0.344. The van der Waals surface area contributed by atoms with Crippen LogP contribution in [0.15, 0.2) is 66.7 Å². The molecule has 42 heavy (non-hydrogen) atoms. The molecule has 3 N–H and O–H groups in total. The molecule has 2 fully saturated rings. The van der Waals surface area contributed by atoms with E-state index < -0.39 is 18.2 Å². The number of nitrogens with zero attached hydrogens (tertiary/aromatic N) is 1. The van der Waals surface area contributed by atoms with Crippen molar-refractivity contribution in [1.29, 1.82) is 0 Å². The normalized spacial score (nSPS) is 24.0. The van der Waals surface area contributed by atoms with Crippen LogP contribution < -0.4 is 5.32 Å². The van der Waals surface area contributed by atoms with Crippen LogP contribution in [0, 0.1) is 0 Å². The maximum absolute atomic E-state index is 12.7. The van der Waals surface area contributed by atoms with Crippen molar-refractivity contribution in [1.82, 2.24) is 10.2 Å². The molecule has 0 aliphatic carbocycles. The lowest BCUT2D eigenvalue weighted by atomic mass is 9.99. The van der Waals surface area contributed by atoms with E-state index in [1.165, 1.54) is 18.2 Å². The Morgan fingerprint density at radius 2 is 1.62 bits per heavy atom. The molecule has 3 aliphatic rings. The highest BCUT2D eigenvalue weighted by Crippen LogP contribution is 2.38. The van der Waals surface area contributed by atoms with Gasteiger partial charge in [-0.2, -0.15) is 0 Å². The smallest absolute Gasteiger partial charge is 0.346 e. The molecular formula is C32H32N2O8. The Morgan fingerprint density at radius 3 is 2.33 bits per heavy atom. The fourth-order valence-electron chi connectivity index (χ4n) is 5.60. The Labute approximate surface area is 242 Å². The third-order valence-corrected chi connectivity index (χ3v) is 7.94. The number of fused-ring (bicyclic) bond motifs is 1. The summed E-state index contributed by atoms with van der Waals surface area (Å²) in [6.07, 6.45) is 0.217. The van der Waals surface area contributed by atoms with Gasteiger partial charge in [0.05, 0.1) is 36.0 Å². The lowest BCUT2D eigenvalue weighted by Crippen LogP contribution is -2.38.